The van der Waals surface area contributed by atoms with Gasteiger partial charge in [-0.25, -0.2) is 0 Å². The molecule has 0 unspecified atom stereocenters. The average molecular weight is 422 g/mol. The van der Waals surface area contributed by atoms with E-state index < -0.39 is 0 Å². The fourth-order valence-corrected chi connectivity index (χ4v) is 3.96. The van der Waals surface area contributed by atoms with Crippen LogP contribution in [0.25, 0.3) is 10.8 Å². The second kappa shape index (κ2) is 9.18. The lowest BCUT2D eigenvalue weighted by atomic mass is 10.0. The number of hydrogen-bond donors (Lipinski definition) is 1. The second-order valence-corrected chi connectivity index (χ2v) is 7.87. The summed E-state index contributed by atoms with van der Waals surface area (Å²) in [6, 6.07) is 21.7. The summed E-state index contributed by atoms with van der Waals surface area (Å²) in [6.45, 7) is 2.83. The van der Waals surface area contributed by atoms with Crippen molar-refractivity contribution in [2.45, 2.75) is 6.42 Å². The molecule has 0 spiro atoms. The predicted molar refractivity (Wildman–Crippen MR) is 121 cm³/mol. The van der Waals surface area contributed by atoms with E-state index in [2.05, 4.69) is 10.2 Å². The van der Waals surface area contributed by atoms with E-state index in [1.807, 2.05) is 71.6 Å². The number of benzene rings is 3. The SMILES string of the molecule is O=C(Cc1cccc2ccccc12)NCC(=O)N1CCN(c2ccc(Cl)cc2)CC1. The van der Waals surface area contributed by atoms with Gasteiger partial charge in [0.25, 0.3) is 0 Å². The summed E-state index contributed by atoms with van der Waals surface area (Å²) in [5.41, 5.74) is 2.07. The third kappa shape index (κ3) is 4.74. The molecular formula is C24H24ClN3O2. The molecule has 3 aromatic carbocycles. The molecule has 1 saturated heterocycles. The summed E-state index contributed by atoms with van der Waals surface area (Å²) < 4.78 is 0. The van der Waals surface area contributed by atoms with E-state index in [1.54, 1.807) is 0 Å². The van der Waals surface area contributed by atoms with Gasteiger partial charge < -0.3 is 15.1 Å². The van der Waals surface area contributed by atoms with E-state index in [4.69, 9.17) is 11.6 Å². The van der Waals surface area contributed by atoms with Crippen LogP contribution < -0.4 is 10.2 Å². The quantitative estimate of drug-likeness (QED) is 0.686. The van der Waals surface area contributed by atoms with Crippen LogP contribution in [0.3, 0.4) is 0 Å². The molecule has 0 radical (unpaired) electrons. The Morgan fingerprint density at radius 2 is 1.57 bits per heavy atom. The molecule has 2 amide bonds. The Kier molecular flexibility index (Phi) is 6.19. The largest absolute Gasteiger partial charge is 0.368 e. The minimum atomic E-state index is -0.139. The molecule has 0 aromatic heterocycles. The zero-order valence-corrected chi connectivity index (χ0v) is 17.4. The maximum Gasteiger partial charge on any atom is 0.242 e. The van der Waals surface area contributed by atoms with Crippen LogP contribution in [0, 0.1) is 0 Å². The number of nitrogens with one attached hydrogen (secondary N) is 1. The van der Waals surface area contributed by atoms with Gasteiger partial charge in [-0.1, -0.05) is 54.1 Å². The number of rotatable bonds is 5. The fraction of sp³-hybridized carbons (Fsp3) is 0.250. The summed E-state index contributed by atoms with van der Waals surface area (Å²) in [7, 11) is 0. The summed E-state index contributed by atoms with van der Waals surface area (Å²) in [5, 5.41) is 5.68. The third-order valence-corrected chi connectivity index (χ3v) is 5.74. The van der Waals surface area contributed by atoms with Crippen molar-refractivity contribution >= 4 is 39.9 Å². The normalized spacial score (nSPS) is 14.0. The van der Waals surface area contributed by atoms with E-state index in [1.165, 1.54) is 0 Å². The first-order chi connectivity index (χ1) is 14.6. The van der Waals surface area contributed by atoms with Crippen molar-refractivity contribution in [2.75, 3.05) is 37.6 Å². The molecule has 1 aliphatic rings. The number of nitrogens with zero attached hydrogens (tertiary/aromatic N) is 2. The van der Waals surface area contributed by atoms with E-state index in [0.29, 0.717) is 18.1 Å². The topological polar surface area (TPSA) is 52.7 Å². The number of fused-ring (bicyclic) bond motifs is 1. The number of carbonyl (C=O) groups excluding carboxylic acids is 2. The molecule has 1 N–H and O–H groups in total. The van der Waals surface area contributed by atoms with Crippen molar-refractivity contribution in [1.29, 1.82) is 0 Å². The zero-order chi connectivity index (χ0) is 20.9. The minimum Gasteiger partial charge on any atom is -0.368 e. The van der Waals surface area contributed by atoms with Crippen molar-refractivity contribution in [3.63, 3.8) is 0 Å². The number of halogens is 1. The van der Waals surface area contributed by atoms with E-state index in [0.717, 1.165) is 35.1 Å². The first kappa shape index (κ1) is 20.2. The highest BCUT2D eigenvalue weighted by Gasteiger charge is 2.21. The molecule has 4 rings (SSSR count). The molecule has 1 heterocycles. The van der Waals surface area contributed by atoms with Crippen LogP contribution in [-0.2, 0) is 16.0 Å². The van der Waals surface area contributed by atoms with Crippen molar-refractivity contribution < 1.29 is 9.59 Å². The lowest BCUT2D eigenvalue weighted by molar-refractivity contribution is -0.133. The number of piperazine rings is 1. The number of hydrogen-bond acceptors (Lipinski definition) is 3. The van der Waals surface area contributed by atoms with Crippen LogP contribution in [0.15, 0.2) is 66.7 Å². The molecule has 0 aliphatic carbocycles. The molecule has 0 atom stereocenters. The maximum absolute atomic E-state index is 12.5. The van der Waals surface area contributed by atoms with Gasteiger partial charge in [-0.05, 0) is 40.6 Å². The monoisotopic (exact) mass is 421 g/mol. The van der Waals surface area contributed by atoms with E-state index >= 15 is 0 Å². The predicted octanol–water partition coefficient (Wildman–Crippen LogP) is 3.50. The number of amides is 2. The molecule has 0 bridgehead atoms. The smallest absolute Gasteiger partial charge is 0.242 e. The van der Waals surface area contributed by atoms with E-state index in [9.17, 15) is 9.59 Å². The lowest BCUT2D eigenvalue weighted by Crippen LogP contribution is -2.51. The first-order valence-corrected chi connectivity index (χ1v) is 10.5. The second-order valence-electron chi connectivity index (χ2n) is 7.44. The highest BCUT2D eigenvalue weighted by atomic mass is 35.5. The number of anilines is 1. The Bertz CT molecular complexity index is 1040. The standard InChI is InChI=1S/C24H24ClN3O2/c25-20-8-10-21(11-9-20)27-12-14-28(15-13-27)24(30)17-26-23(29)16-19-6-3-5-18-4-1-2-7-22(18)19/h1-11H,12-17H2,(H,26,29). The Morgan fingerprint density at radius 1 is 0.867 bits per heavy atom. The Hall–Kier alpha value is -3.05. The molecule has 5 nitrogen and oxygen atoms in total. The zero-order valence-electron chi connectivity index (χ0n) is 16.7. The summed E-state index contributed by atoms with van der Waals surface area (Å²) >= 11 is 5.95. The summed E-state index contributed by atoms with van der Waals surface area (Å²) in [6.07, 6.45) is 0.263. The molecular weight excluding hydrogens is 398 g/mol. The summed E-state index contributed by atoms with van der Waals surface area (Å²) in [5.74, 6) is -0.184. The molecule has 30 heavy (non-hydrogen) atoms. The van der Waals surface area contributed by atoms with Gasteiger partial charge in [0.1, 0.15) is 0 Å². The van der Waals surface area contributed by atoms with Crippen LogP contribution in [0.4, 0.5) is 5.69 Å². The molecule has 154 valence electrons. The van der Waals surface area contributed by atoms with Crippen molar-refractivity contribution in [1.82, 2.24) is 10.2 Å². The number of carbonyl (C=O) groups is 2. The van der Waals surface area contributed by atoms with E-state index in [-0.39, 0.29) is 24.8 Å². The average Bonchev–Trinajstić information content (AvgIpc) is 2.78. The van der Waals surface area contributed by atoms with Crippen molar-refractivity contribution in [3.8, 4) is 0 Å². The molecule has 1 aliphatic heterocycles. The van der Waals surface area contributed by atoms with Crippen LogP contribution in [-0.4, -0.2) is 49.4 Å². The van der Waals surface area contributed by atoms with Gasteiger partial charge in [-0.15, -0.1) is 0 Å². The Balaban J connectivity index is 1.26. The molecule has 6 heteroatoms. The third-order valence-electron chi connectivity index (χ3n) is 5.49. The molecule has 3 aromatic rings. The molecule has 1 fully saturated rings. The van der Waals surface area contributed by atoms with Gasteiger partial charge in [0.2, 0.25) is 11.8 Å². The van der Waals surface area contributed by atoms with Gasteiger partial charge in [-0.2, -0.15) is 0 Å². The Morgan fingerprint density at radius 3 is 2.33 bits per heavy atom. The van der Waals surface area contributed by atoms with Gasteiger partial charge in [0, 0.05) is 36.9 Å². The summed E-state index contributed by atoms with van der Waals surface area (Å²) in [4.78, 5) is 29.0. The van der Waals surface area contributed by atoms with Crippen LogP contribution in [0.2, 0.25) is 5.02 Å². The van der Waals surface area contributed by atoms with Gasteiger partial charge in [0.15, 0.2) is 0 Å². The van der Waals surface area contributed by atoms with Crippen LogP contribution in [0.5, 0.6) is 0 Å². The minimum absolute atomic E-state index is 0.0323. The van der Waals surface area contributed by atoms with Gasteiger partial charge >= 0.3 is 0 Å². The first-order valence-electron chi connectivity index (χ1n) is 10.1. The van der Waals surface area contributed by atoms with Crippen molar-refractivity contribution in [3.05, 3.63) is 77.3 Å². The maximum atomic E-state index is 12.5. The van der Waals surface area contributed by atoms with Crippen LogP contribution >= 0.6 is 11.6 Å². The Labute approximate surface area is 181 Å². The van der Waals surface area contributed by atoms with Crippen LogP contribution in [0.1, 0.15) is 5.56 Å². The molecule has 0 saturated carbocycles. The highest BCUT2D eigenvalue weighted by Crippen LogP contribution is 2.20. The lowest BCUT2D eigenvalue weighted by Gasteiger charge is -2.36. The van der Waals surface area contributed by atoms with Gasteiger partial charge in [0.05, 0.1) is 13.0 Å². The highest BCUT2D eigenvalue weighted by molar-refractivity contribution is 6.30. The van der Waals surface area contributed by atoms with Crippen molar-refractivity contribution in [2.24, 2.45) is 0 Å². The fourth-order valence-electron chi connectivity index (χ4n) is 3.83. The van der Waals surface area contributed by atoms with Gasteiger partial charge in [-0.3, -0.25) is 9.59 Å².